The third-order valence-corrected chi connectivity index (χ3v) is 3.02. The molecule has 0 aliphatic heterocycles. The lowest BCUT2D eigenvalue weighted by Crippen LogP contribution is -2.35. The molecule has 4 nitrogen and oxygen atoms in total. The quantitative estimate of drug-likeness (QED) is 0.772. The number of aliphatic hydroxyl groups excluding tert-OH is 1. The minimum atomic E-state index is -1.25. The summed E-state index contributed by atoms with van der Waals surface area (Å²) in [5.41, 5.74) is -0.159. The highest BCUT2D eigenvalue weighted by Crippen LogP contribution is 2.51. The maximum absolute atomic E-state index is 13.0. The van der Waals surface area contributed by atoms with Crippen LogP contribution in [0.2, 0.25) is 0 Å². The first-order valence-corrected chi connectivity index (χ1v) is 4.97. The van der Waals surface area contributed by atoms with Gasteiger partial charge in [-0.3, -0.25) is 4.98 Å². The van der Waals surface area contributed by atoms with Gasteiger partial charge in [-0.05, 0) is 24.5 Å². The molecule has 1 aliphatic rings. The molecule has 0 aromatic carbocycles. The van der Waals surface area contributed by atoms with Gasteiger partial charge in [0.15, 0.2) is 6.10 Å². The Morgan fingerprint density at radius 2 is 2.31 bits per heavy atom. The molecule has 0 radical (unpaired) electrons. The van der Waals surface area contributed by atoms with Crippen LogP contribution in [0.4, 0.5) is 4.39 Å². The van der Waals surface area contributed by atoms with E-state index < -0.39 is 23.3 Å². The second kappa shape index (κ2) is 3.83. The maximum atomic E-state index is 13.0. The predicted molar refractivity (Wildman–Crippen MR) is 53.1 cm³/mol. The van der Waals surface area contributed by atoms with Crippen molar-refractivity contribution >= 4 is 5.97 Å². The molecule has 1 fully saturated rings. The summed E-state index contributed by atoms with van der Waals surface area (Å²) in [5.74, 6) is -1.16. The van der Waals surface area contributed by atoms with E-state index in [0.29, 0.717) is 18.4 Å². The van der Waals surface area contributed by atoms with Gasteiger partial charge in [-0.15, -0.1) is 0 Å². The van der Waals surface area contributed by atoms with Crippen molar-refractivity contribution in [1.82, 2.24) is 4.98 Å². The lowest BCUT2D eigenvalue weighted by molar-refractivity contribution is -0.152. The van der Waals surface area contributed by atoms with Gasteiger partial charge in [0.2, 0.25) is 0 Å². The molecule has 1 N–H and O–H groups in total. The normalized spacial score (nSPS) is 18.9. The van der Waals surface area contributed by atoms with E-state index in [-0.39, 0.29) is 0 Å². The SMILES string of the molecule is COC(=O)C(O)C1(c2cncc(F)c2)CC1. The number of aliphatic hydroxyl groups is 1. The Balaban J connectivity index is 2.29. The molecule has 1 aromatic heterocycles. The summed E-state index contributed by atoms with van der Waals surface area (Å²) >= 11 is 0. The molecule has 0 bridgehead atoms. The van der Waals surface area contributed by atoms with Crippen molar-refractivity contribution < 1.29 is 19.0 Å². The largest absolute Gasteiger partial charge is 0.467 e. The summed E-state index contributed by atoms with van der Waals surface area (Å²) in [7, 11) is 1.21. The average Bonchev–Trinajstić information content (AvgIpc) is 3.08. The Morgan fingerprint density at radius 1 is 1.62 bits per heavy atom. The number of rotatable bonds is 3. The van der Waals surface area contributed by atoms with E-state index in [9.17, 15) is 14.3 Å². The molecule has 5 heteroatoms. The van der Waals surface area contributed by atoms with E-state index in [1.54, 1.807) is 0 Å². The highest BCUT2D eigenvalue weighted by atomic mass is 19.1. The second-order valence-electron chi connectivity index (χ2n) is 3.97. The number of ether oxygens (including phenoxy) is 1. The van der Waals surface area contributed by atoms with Crippen LogP contribution in [0.5, 0.6) is 0 Å². The molecule has 2 rings (SSSR count). The fourth-order valence-corrected chi connectivity index (χ4v) is 1.88. The zero-order valence-corrected chi connectivity index (χ0v) is 8.81. The number of hydrogen-bond donors (Lipinski definition) is 1. The zero-order chi connectivity index (χ0) is 11.8. The molecule has 0 amide bonds. The third-order valence-electron chi connectivity index (χ3n) is 3.02. The van der Waals surface area contributed by atoms with Crippen LogP contribution >= 0.6 is 0 Å². The first-order valence-electron chi connectivity index (χ1n) is 4.97. The molecular formula is C11H12FNO3. The Bertz CT molecular complexity index is 417. The van der Waals surface area contributed by atoms with E-state index in [2.05, 4.69) is 9.72 Å². The molecule has 1 heterocycles. The second-order valence-corrected chi connectivity index (χ2v) is 3.97. The molecule has 0 saturated heterocycles. The van der Waals surface area contributed by atoms with Crippen molar-refractivity contribution in [2.75, 3.05) is 7.11 Å². The summed E-state index contributed by atoms with van der Waals surface area (Å²) in [6.45, 7) is 0. The Labute approximate surface area is 92.1 Å². The van der Waals surface area contributed by atoms with Gasteiger partial charge >= 0.3 is 5.97 Å². The summed E-state index contributed by atoms with van der Waals surface area (Å²) in [6.07, 6.45) is 2.58. The highest BCUT2D eigenvalue weighted by molar-refractivity contribution is 5.77. The van der Waals surface area contributed by atoms with Gasteiger partial charge in [0.25, 0.3) is 0 Å². The van der Waals surface area contributed by atoms with Crippen LogP contribution in [-0.4, -0.2) is 29.3 Å². The Morgan fingerprint density at radius 3 is 2.81 bits per heavy atom. The predicted octanol–water partition coefficient (Wildman–Crippen LogP) is 0.786. The number of esters is 1. The average molecular weight is 225 g/mol. The third kappa shape index (κ3) is 1.67. The molecule has 1 aromatic rings. The number of aromatic nitrogens is 1. The summed E-state index contributed by atoms with van der Waals surface area (Å²) in [5, 5.41) is 9.83. The fourth-order valence-electron chi connectivity index (χ4n) is 1.88. The standard InChI is InChI=1S/C11H12FNO3/c1-16-10(15)9(14)11(2-3-11)7-4-8(12)6-13-5-7/h4-6,9,14H,2-3H2,1H3. The minimum absolute atomic E-state index is 0.471. The van der Waals surface area contributed by atoms with Gasteiger partial charge in [-0.2, -0.15) is 0 Å². The van der Waals surface area contributed by atoms with E-state index >= 15 is 0 Å². The molecular weight excluding hydrogens is 213 g/mol. The van der Waals surface area contributed by atoms with Gasteiger partial charge in [0.05, 0.1) is 13.3 Å². The lowest BCUT2D eigenvalue weighted by atomic mass is 9.91. The number of carbonyl (C=O) groups excluding carboxylic acids is 1. The van der Waals surface area contributed by atoms with Crippen molar-refractivity contribution in [3.05, 3.63) is 29.8 Å². The highest BCUT2D eigenvalue weighted by Gasteiger charge is 2.54. The number of hydrogen-bond acceptors (Lipinski definition) is 4. The fraction of sp³-hybridized carbons (Fsp3) is 0.455. The van der Waals surface area contributed by atoms with Crippen molar-refractivity contribution in [3.8, 4) is 0 Å². The van der Waals surface area contributed by atoms with E-state index in [1.807, 2.05) is 0 Å². The van der Waals surface area contributed by atoms with Crippen molar-refractivity contribution in [2.45, 2.75) is 24.4 Å². The first kappa shape index (κ1) is 11.0. The van der Waals surface area contributed by atoms with Gasteiger partial charge < -0.3 is 9.84 Å². The number of pyridine rings is 1. The van der Waals surface area contributed by atoms with Crippen LogP contribution in [0.3, 0.4) is 0 Å². The van der Waals surface area contributed by atoms with Crippen molar-refractivity contribution in [3.63, 3.8) is 0 Å². The minimum Gasteiger partial charge on any atom is -0.467 e. The number of carbonyl (C=O) groups is 1. The van der Waals surface area contributed by atoms with Gasteiger partial charge in [0.1, 0.15) is 5.82 Å². The molecule has 86 valence electrons. The van der Waals surface area contributed by atoms with Gasteiger partial charge in [-0.1, -0.05) is 0 Å². The first-order chi connectivity index (χ1) is 7.60. The zero-order valence-electron chi connectivity index (χ0n) is 8.81. The van der Waals surface area contributed by atoms with E-state index in [4.69, 9.17) is 0 Å². The molecule has 1 aliphatic carbocycles. The monoisotopic (exact) mass is 225 g/mol. The smallest absolute Gasteiger partial charge is 0.335 e. The molecule has 1 unspecified atom stereocenters. The Kier molecular flexibility index (Phi) is 2.63. The number of halogens is 1. The van der Waals surface area contributed by atoms with Crippen LogP contribution in [0.15, 0.2) is 18.5 Å². The summed E-state index contributed by atoms with van der Waals surface area (Å²) in [4.78, 5) is 15.0. The van der Waals surface area contributed by atoms with Crippen molar-refractivity contribution in [1.29, 1.82) is 0 Å². The van der Waals surface area contributed by atoms with Crippen molar-refractivity contribution in [2.24, 2.45) is 0 Å². The lowest BCUT2D eigenvalue weighted by Gasteiger charge is -2.20. The van der Waals surface area contributed by atoms with Gasteiger partial charge in [-0.25, -0.2) is 9.18 Å². The number of nitrogens with zero attached hydrogens (tertiary/aromatic N) is 1. The topological polar surface area (TPSA) is 59.4 Å². The molecule has 1 saturated carbocycles. The molecule has 0 spiro atoms. The van der Waals surface area contributed by atoms with Gasteiger partial charge in [0, 0.05) is 11.6 Å². The summed E-state index contributed by atoms with van der Waals surface area (Å²) in [6, 6.07) is 1.30. The van der Waals surface area contributed by atoms with Crippen LogP contribution in [-0.2, 0) is 14.9 Å². The van der Waals surface area contributed by atoms with Crippen LogP contribution in [0, 0.1) is 5.82 Å². The van der Waals surface area contributed by atoms with E-state index in [1.165, 1.54) is 19.4 Å². The summed E-state index contributed by atoms with van der Waals surface area (Å²) < 4.78 is 17.5. The van der Waals surface area contributed by atoms with Crippen LogP contribution in [0.1, 0.15) is 18.4 Å². The van der Waals surface area contributed by atoms with Crippen LogP contribution < -0.4 is 0 Å². The molecule has 1 atom stereocenters. The Hall–Kier alpha value is -1.49. The van der Waals surface area contributed by atoms with Crippen LogP contribution in [0.25, 0.3) is 0 Å². The molecule has 16 heavy (non-hydrogen) atoms. The number of methoxy groups -OCH3 is 1. The maximum Gasteiger partial charge on any atom is 0.335 e. The van der Waals surface area contributed by atoms with E-state index in [0.717, 1.165) is 6.20 Å².